The smallest absolute Gasteiger partial charge is 0.264 e. The Morgan fingerprint density at radius 2 is 1.88 bits per heavy atom. The van der Waals surface area contributed by atoms with Crippen LogP contribution in [0.2, 0.25) is 18.6 Å². The van der Waals surface area contributed by atoms with Crippen LogP contribution < -0.4 is 20.0 Å². The summed E-state index contributed by atoms with van der Waals surface area (Å²) in [6, 6.07) is 15.8. The van der Waals surface area contributed by atoms with Gasteiger partial charge in [0.25, 0.3) is 11.8 Å². The Balaban J connectivity index is 1.27. The third kappa shape index (κ3) is 5.42. The molecule has 0 bridgehead atoms. The molecule has 5 heterocycles. The zero-order valence-electron chi connectivity index (χ0n) is 28.5. The normalized spacial score (nSPS) is 26.4. The molecule has 2 spiro atoms. The average molecular weight is 688 g/mol. The number of carbonyl (C=O) groups is 2. The van der Waals surface area contributed by atoms with E-state index in [1.165, 1.54) is 0 Å². The first-order valence-corrected chi connectivity index (χ1v) is 20.3. The first-order chi connectivity index (χ1) is 23.5. The molecule has 1 aromatic heterocycles. The minimum atomic E-state index is -3.38. The van der Waals surface area contributed by atoms with Crippen molar-refractivity contribution in [2.45, 2.75) is 75.0 Å². The van der Waals surface area contributed by atoms with Crippen LogP contribution in [0.5, 0.6) is 0 Å². The third-order valence-corrected chi connectivity index (χ3v) is 13.6. The Kier molecular flexibility index (Phi) is 8.74. The van der Waals surface area contributed by atoms with E-state index in [2.05, 4.69) is 27.1 Å². The number of fused-ring (bicyclic) bond motifs is 2. The van der Waals surface area contributed by atoms with Crippen LogP contribution in [0.1, 0.15) is 37.4 Å². The molecule has 0 radical (unpaired) electrons. The van der Waals surface area contributed by atoms with Gasteiger partial charge in [0.15, 0.2) is 5.60 Å². The number of para-hydroxylation sites is 1. The number of anilines is 3. The van der Waals surface area contributed by atoms with Crippen molar-refractivity contribution >= 4 is 37.3 Å². The lowest BCUT2D eigenvalue weighted by Gasteiger charge is -2.39. The Morgan fingerprint density at radius 1 is 1.12 bits per heavy atom. The lowest BCUT2D eigenvalue weighted by atomic mass is 9.82. The highest BCUT2D eigenvalue weighted by atomic mass is 28.4. The topological polar surface area (TPSA) is 116 Å². The van der Waals surface area contributed by atoms with Crippen molar-refractivity contribution in [3.05, 3.63) is 78.6 Å². The van der Waals surface area contributed by atoms with Gasteiger partial charge in [-0.05, 0) is 75.8 Å². The molecule has 4 aliphatic heterocycles. The van der Waals surface area contributed by atoms with Crippen LogP contribution in [0.3, 0.4) is 0 Å². The fourth-order valence-electron chi connectivity index (χ4n) is 8.89. The van der Waals surface area contributed by atoms with Gasteiger partial charge in [-0.3, -0.25) is 19.2 Å². The number of nitrogens with one attached hydrogen (secondary N) is 1. The van der Waals surface area contributed by atoms with E-state index >= 15 is 4.11 Å². The molecule has 4 aliphatic rings. The lowest BCUT2D eigenvalue weighted by molar-refractivity contribution is -0.145. The molecule has 0 saturated carbocycles. The zero-order valence-corrected chi connectivity index (χ0v) is 29.5. The summed E-state index contributed by atoms with van der Waals surface area (Å²) in [7, 11) is -3.38. The second kappa shape index (κ2) is 12.8. The van der Waals surface area contributed by atoms with Gasteiger partial charge in [0.1, 0.15) is 5.54 Å². The number of benzene rings is 2. The number of amides is 2. The van der Waals surface area contributed by atoms with Crippen molar-refractivity contribution in [2.75, 3.05) is 47.6 Å². The Hall–Kier alpha value is -3.91. The SMILES string of the molecule is C=CCN1C(=O)[C@]2(O[C@H](CCn3cc(CCO)nn3)[C@@H]([Si](C)(C)F)[C@@H]2C)c2cc(N3CN(c4ccccc4)C4(CCNCC4)C3=O)ccc21. The number of aliphatic hydroxyl groups excluding tert-OH is 1. The fraction of sp³-hybridized carbons (Fsp3) is 0.500. The summed E-state index contributed by atoms with van der Waals surface area (Å²) in [5, 5.41) is 21.0. The number of rotatable bonds is 10. The molecular formula is C36H46FN7O4Si. The van der Waals surface area contributed by atoms with Gasteiger partial charge in [-0.25, -0.2) is 0 Å². The van der Waals surface area contributed by atoms with Crippen LogP contribution in [0, 0.1) is 5.92 Å². The van der Waals surface area contributed by atoms with Crippen molar-refractivity contribution in [3.63, 3.8) is 0 Å². The summed E-state index contributed by atoms with van der Waals surface area (Å²) < 4.78 is 25.0. The van der Waals surface area contributed by atoms with Gasteiger partial charge in [-0.2, -0.15) is 0 Å². The quantitative estimate of drug-likeness (QED) is 0.186. The molecule has 2 amide bonds. The van der Waals surface area contributed by atoms with Crippen molar-refractivity contribution in [3.8, 4) is 0 Å². The predicted molar refractivity (Wildman–Crippen MR) is 189 cm³/mol. The number of piperidine rings is 1. The molecule has 2 N–H and O–H groups in total. The molecule has 3 aromatic rings. The maximum Gasteiger partial charge on any atom is 0.264 e. The second-order valence-corrected chi connectivity index (χ2v) is 18.1. The number of aryl methyl sites for hydroxylation is 1. The number of hydrogen-bond donors (Lipinski definition) is 2. The number of nitrogens with zero attached hydrogens (tertiary/aromatic N) is 6. The molecule has 3 fully saturated rings. The molecule has 3 saturated heterocycles. The number of ether oxygens (including phenoxy) is 1. The maximum absolute atomic E-state index is 16.4. The summed E-state index contributed by atoms with van der Waals surface area (Å²) >= 11 is 0. The standard InChI is InChI=1S/C36H46FN7O4Si/c1-5-19-42-30-12-11-28(43-24-44(27-9-7-6-8-10-27)35(33(43)46)15-17-38-18-16-35)22-29(30)36(34(42)47)25(2)32(49(3,4)37)31(48-36)13-20-41-23-26(14-21-45)39-40-41/h5-12,22-23,25,31-32,38,45H,1,13-21,24H2,2-4H3/t25-,31+,32-,36+/m0/s1. The van der Waals surface area contributed by atoms with Crippen LogP contribution in [-0.2, 0) is 32.9 Å². The van der Waals surface area contributed by atoms with E-state index in [0.717, 1.165) is 18.8 Å². The second-order valence-electron chi connectivity index (χ2n) is 14.3. The summed E-state index contributed by atoms with van der Waals surface area (Å²) in [5.41, 5.74) is 1.17. The zero-order chi connectivity index (χ0) is 34.6. The molecule has 11 nitrogen and oxygen atoms in total. The van der Waals surface area contributed by atoms with E-state index in [1.54, 1.807) is 34.9 Å². The van der Waals surface area contributed by atoms with Crippen molar-refractivity contribution in [1.82, 2.24) is 20.3 Å². The third-order valence-electron chi connectivity index (χ3n) is 11.1. The first-order valence-electron chi connectivity index (χ1n) is 17.3. The van der Waals surface area contributed by atoms with Crippen LogP contribution in [0.25, 0.3) is 0 Å². The molecule has 0 aliphatic carbocycles. The maximum atomic E-state index is 16.4. The summed E-state index contributed by atoms with van der Waals surface area (Å²) in [6.45, 7) is 11.8. The largest absolute Gasteiger partial charge is 0.396 e. The monoisotopic (exact) mass is 687 g/mol. The Morgan fingerprint density at radius 3 is 2.57 bits per heavy atom. The minimum Gasteiger partial charge on any atom is -0.396 e. The highest BCUT2D eigenvalue weighted by Gasteiger charge is 2.67. The van der Waals surface area contributed by atoms with E-state index < -0.39 is 37.1 Å². The van der Waals surface area contributed by atoms with Crippen LogP contribution in [0.4, 0.5) is 21.2 Å². The van der Waals surface area contributed by atoms with Gasteiger partial charge in [-0.15, -0.1) is 11.7 Å². The Labute approximate surface area is 287 Å². The summed E-state index contributed by atoms with van der Waals surface area (Å²) in [5.74, 6) is -0.648. The van der Waals surface area contributed by atoms with E-state index in [1.807, 2.05) is 60.4 Å². The molecule has 7 rings (SSSR count). The van der Waals surface area contributed by atoms with Crippen LogP contribution >= 0.6 is 0 Å². The molecular weight excluding hydrogens is 642 g/mol. The first kappa shape index (κ1) is 33.6. The average Bonchev–Trinajstić information content (AvgIpc) is 3.80. The van der Waals surface area contributed by atoms with Crippen molar-refractivity contribution in [2.24, 2.45) is 5.92 Å². The molecule has 49 heavy (non-hydrogen) atoms. The van der Waals surface area contributed by atoms with Gasteiger partial charge in [-0.1, -0.05) is 36.4 Å². The predicted octanol–water partition coefficient (Wildman–Crippen LogP) is 4.14. The van der Waals surface area contributed by atoms with Crippen molar-refractivity contribution in [1.29, 1.82) is 0 Å². The summed E-state index contributed by atoms with van der Waals surface area (Å²) in [4.78, 5) is 34.9. The molecule has 2 aromatic carbocycles. The number of aliphatic hydroxyl groups is 1. The fourth-order valence-corrected chi connectivity index (χ4v) is 11.4. The highest BCUT2D eigenvalue weighted by molar-refractivity contribution is 6.72. The Bertz CT molecular complexity index is 1730. The van der Waals surface area contributed by atoms with Gasteiger partial charge < -0.3 is 29.1 Å². The van der Waals surface area contributed by atoms with Gasteiger partial charge in [0.2, 0.25) is 8.41 Å². The highest BCUT2D eigenvalue weighted by Crippen LogP contribution is 2.60. The lowest BCUT2D eigenvalue weighted by Crippen LogP contribution is -2.55. The number of carbonyl (C=O) groups excluding carboxylic acids is 2. The van der Waals surface area contributed by atoms with E-state index in [0.29, 0.717) is 61.5 Å². The molecule has 4 atom stereocenters. The van der Waals surface area contributed by atoms with Gasteiger partial charge >= 0.3 is 0 Å². The van der Waals surface area contributed by atoms with Gasteiger partial charge in [0, 0.05) is 60.7 Å². The van der Waals surface area contributed by atoms with E-state index in [-0.39, 0.29) is 25.0 Å². The number of hydrogen-bond acceptors (Lipinski definition) is 8. The van der Waals surface area contributed by atoms with E-state index in [4.69, 9.17) is 4.74 Å². The van der Waals surface area contributed by atoms with E-state index in [9.17, 15) is 14.7 Å². The number of halogens is 1. The van der Waals surface area contributed by atoms with Crippen LogP contribution in [-0.4, -0.2) is 84.9 Å². The van der Waals surface area contributed by atoms with Crippen LogP contribution in [0.15, 0.2) is 67.4 Å². The molecule has 260 valence electrons. The summed E-state index contributed by atoms with van der Waals surface area (Å²) in [6.07, 6.45) is 5.14. The minimum absolute atomic E-state index is 0.0234. The van der Waals surface area contributed by atoms with Crippen molar-refractivity contribution < 1.29 is 23.5 Å². The molecule has 0 unspecified atom stereocenters. The van der Waals surface area contributed by atoms with Gasteiger partial charge in [0.05, 0.1) is 24.2 Å². The number of aromatic nitrogens is 3. The molecule has 13 heteroatoms.